The van der Waals surface area contributed by atoms with Gasteiger partial charge >= 0.3 is 6.18 Å². The third-order valence-corrected chi connectivity index (χ3v) is 4.97. The van der Waals surface area contributed by atoms with Gasteiger partial charge in [0, 0.05) is 31.9 Å². The summed E-state index contributed by atoms with van der Waals surface area (Å²) in [7, 11) is 0. The summed E-state index contributed by atoms with van der Waals surface area (Å²) in [6.07, 6.45) is 0.410. The molecule has 3 aromatic rings. The van der Waals surface area contributed by atoms with Crippen molar-refractivity contribution in [3.05, 3.63) is 72.2 Å². The number of pyridine rings is 1. The van der Waals surface area contributed by atoms with Crippen molar-refractivity contribution in [2.45, 2.75) is 19.1 Å². The van der Waals surface area contributed by atoms with Gasteiger partial charge in [-0.25, -0.2) is 9.67 Å². The summed E-state index contributed by atoms with van der Waals surface area (Å²) in [6, 6.07) is 9.98. The normalized spacial score (nSPS) is 16.5. The number of nitrogens with one attached hydrogen (secondary N) is 1. The molecule has 1 fully saturated rings. The Hall–Kier alpha value is -3.69. The zero-order chi connectivity index (χ0) is 22.0. The van der Waals surface area contributed by atoms with Gasteiger partial charge in [0.15, 0.2) is 5.82 Å². The minimum atomic E-state index is -4.45. The monoisotopic (exact) mass is 429 g/mol. The number of alkyl halides is 3. The Labute approximate surface area is 175 Å². The maximum atomic E-state index is 12.9. The first-order valence-corrected chi connectivity index (χ1v) is 9.50. The van der Waals surface area contributed by atoms with Crippen molar-refractivity contribution in [2.24, 2.45) is 5.92 Å². The van der Waals surface area contributed by atoms with E-state index < -0.39 is 17.7 Å². The van der Waals surface area contributed by atoms with Crippen molar-refractivity contribution >= 4 is 17.5 Å². The van der Waals surface area contributed by atoms with Gasteiger partial charge in [0.25, 0.3) is 0 Å². The number of hydrogen-bond acceptors (Lipinski definition) is 4. The summed E-state index contributed by atoms with van der Waals surface area (Å²) in [4.78, 5) is 30.5. The van der Waals surface area contributed by atoms with Crippen LogP contribution in [0.1, 0.15) is 17.5 Å². The van der Waals surface area contributed by atoms with E-state index >= 15 is 0 Å². The van der Waals surface area contributed by atoms with Crippen LogP contribution in [0.25, 0.3) is 5.82 Å². The van der Waals surface area contributed by atoms with Crippen molar-refractivity contribution in [3.63, 3.8) is 0 Å². The number of anilines is 1. The number of likely N-dealkylation sites (tertiary alicyclic amines) is 1. The topological polar surface area (TPSA) is 80.1 Å². The molecular formula is C21H18F3N5O2. The van der Waals surface area contributed by atoms with Gasteiger partial charge in [-0.1, -0.05) is 12.1 Å². The number of nitrogens with zero attached hydrogens (tertiary/aromatic N) is 4. The van der Waals surface area contributed by atoms with Crippen LogP contribution in [0.2, 0.25) is 0 Å². The summed E-state index contributed by atoms with van der Waals surface area (Å²) >= 11 is 0. The van der Waals surface area contributed by atoms with Gasteiger partial charge in [0.1, 0.15) is 0 Å². The number of carbonyl (C=O) groups excluding carboxylic acids is 2. The fraction of sp³-hybridized carbons (Fsp3) is 0.238. The molecule has 7 nitrogen and oxygen atoms in total. The molecule has 2 amide bonds. The van der Waals surface area contributed by atoms with E-state index in [4.69, 9.17) is 0 Å². The first-order valence-electron chi connectivity index (χ1n) is 9.50. The van der Waals surface area contributed by atoms with Crippen LogP contribution in [0.5, 0.6) is 0 Å². The Kier molecular flexibility index (Phi) is 5.45. The molecule has 4 rings (SSSR count). The fourth-order valence-electron chi connectivity index (χ4n) is 3.41. The maximum Gasteiger partial charge on any atom is 0.416 e. The molecule has 1 aliphatic rings. The van der Waals surface area contributed by atoms with Crippen LogP contribution < -0.4 is 5.32 Å². The second kappa shape index (κ2) is 8.21. The third kappa shape index (κ3) is 4.73. The van der Waals surface area contributed by atoms with Gasteiger partial charge in [-0.2, -0.15) is 18.3 Å². The van der Waals surface area contributed by atoms with E-state index in [9.17, 15) is 22.8 Å². The Morgan fingerprint density at radius 1 is 1.19 bits per heavy atom. The average molecular weight is 429 g/mol. The van der Waals surface area contributed by atoms with Crippen LogP contribution in [-0.2, 0) is 22.3 Å². The van der Waals surface area contributed by atoms with E-state index in [1.165, 1.54) is 23.2 Å². The summed E-state index contributed by atoms with van der Waals surface area (Å²) in [5, 5.41) is 6.80. The highest BCUT2D eigenvalue weighted by atomic mass is 19.4. The van der Waals surface area contributed by atoms with Crippen LogP contribution in [0.15, 0.2) is 61.1 Å². The second-order valence-electron chi connectivity index (χ2n) is 7.22. The first-order chi connectivity index (χ1) is 14.8. The van der Waals surface area contributed by atoms with Gasteiger partial charge in [-0.05, 0) is 35.9 Å². The molecule has 0 bridgehead atoms. The van der Waals surface area contributed by atoms with Gasteiger partial charge in [0.2, 0.25) is 11.8 Å². The highest BCUT2D eigenvalue weighted by Gasteiger charge is 2.35. The summed E-state index contributed by atoms with van der Waals surface area (Å²) < 4.78 is 40.3. The van der Waals surface area contributed by atoms with Crippen LogP contribution in [0.4, 0.5) is 18.9 Å². The molecule has 1 unspecified atom stereocenters. The fourth-order valence-corrected chi connectivity index (χ4v) is 3.41. The Morgan fingerprint density at radius 2 is 2.03 bits per heavy atom. The largest absolute Gasteiger partial charge is 0.416 e. The van der Waals surface area contributed by atoms with Crippen LogP contribution in [0, 0.1) is 5.92 Å². The minimum Gasteiger partial charge on any atom is -0.338 e. The number of carbonyl (C=O) groups is 2. The number of hydrogen-bond donors (Lipinski definition) is 1. The predicted molar refractivity (Wildman–Crippen MR) is 105 cm³/mol. The molecule has 0 radical (unpaired) electrons. The predicted octanol–water partition coefficient (Wildman–Crippen LogP) is 3.27. The van der Waals surface area contributed by atoms with Crippen molar-refractivity contribution in [1.82, 2.24) is 19.7 Å². The zero-order valence-electron chi connectivity index (χ0n) is 16.2. The van der Waals surface area contributed by atoms with Gasteiger partial charge in [-0.3, -0.25) is 9.59 Å². The first kappa shape index (κ1) is 20.6. The number of aromatic nitrogens is 3. The smallest absolute Gasteiger partial charge is 0.338 e. The lowest BCUT2D eigenvalue weighted by Gasteiger charge is -2.17. The molecule has 160 valence electrons. The Morgan fingerprint density at radius 3 is 2.71 bits per heavy atom. The lowest BCUT2D eigenvalue weighted by molar-refractivity contribution is -0.137. The number of amides is 2. The molecule has 1 atom stereocenters. The van der Waals surface area contributed by atoms with Crippen molar-refractivity contribution in [3.8, 4) is 5.82 Å². The van der Waals surface area contributed by atoms with E-state index in [0.717, 1.165) is 12.1 Å². The van der Waals surface area contributed by atoms with Crippen LogP contribution in [0.3, 0.4) is 0 Å². The van der Waals surface area contributed by atoms with E-state index in [1.54, 1.807) is 35.3 Å². The van der Waals surface area contributed by atoms with Crippen LogP contribution in [-0.4, -0.2) is 38.0 Å². The highest BCUT2D eigenvalue weighted by Crippen LogP contribution is 2.30. The van der Waals surface area contributed by atoms with Crippen molar-refractivity contribution in [2.75, 3.05) is 11.9 Å². The maximum absolute atomic E-state index is 12.9. The number of rotatable bonds is 5. The Bertz CT molecular complexity index is 1080. The molecule has 0 spiro atoms. The van der Waals surface area contributed by atoms with E-state index in [-0.39, 0.29) is 31.3 Å². The van der Waals surface area contributed by atoms with E-state index in [1.807, 2.05) is 0 Å². The van der Waals surface area contributed by atoms with Crippen LogP contribution >= 0.6 is 0 Å². The number of benzene rings is 1. The number of halogens is 3. The lowest BCUT2D eigenvalue weighted by Crippen LogP contribution is -2.28. The lowest BCUT2D eigenvalue weighted by atomic mass is 10.1. The molecule has 31 heavy (non-hydrogen) atoms. The molecular weight excluding hydrogens is 411 g/mol. The van der Waals surface area contributed by atoms with E-state index in [2.05, 4.69) is 15.4 Å². The second-order valence-corrected chi connectivity index (χ2v) is 7.22. The molecule has 1 aromatic carbocycles. The zero-order valence-corrected chi connectivity index (χ0v) is 16.2. The highest BCUT2D eigenvalue weighted by molar-refractivity contribution is 5.97. The minimum absolute atomic E-state index is 0.00357. The van der Waals surface area contributed by atoms with E-state index in [0.29, 0.717) is 17.1 Å². The summed E-state index contributed by atoms with van der Waals surface area (Å²) in [5.41, 5.74) is 0.0734. The molecule has 0 saturated carbocycles. The molecule has 1 aliphatic heterocycles. The van der Waals surface area contributed by atoms with Crippen molar-refractivity contribution < 1.29 is 22.8 Å². The molecule has 10 heteroatoms. The molecule has 2 aromatic heterocycles. The molecule has 3 heterocycles. The summed E-state index contributed by atoms with van der Waals surface area (Å²) in [6.45, 7) is 0.159. The van der Waals surface area contributed by atoms with Crippen molar-refractivity contribution in [1.29, 1.82) is 0 Å². The molecule has 1 saturated heterocycles. The van der Waals surface area contributed by atoms with Gasteiger partial charge < -0.3 is 10.2 Å². The SMILES string of the molecule is O=C(Nc1ccc(-n2cccn2)nc1)C1CC(=O)N(Cc2cccc(C(F)(F)F)c2)C1. The molecule has 0 aliphatic carbocycles. The average Bonchev–Trinajstić information content (AvgIpc) is 3.39. The standard InChI is InChI=1S/C21H18F3N5O2/c22-21(23,24)16-4-1-3-14(9-16)12-28-13-15(10-19(28)30)20(31)27-17-5-6-18(25-11-17)29-8-2-7-26-29/h1-9,11,15H,10,12-13H2,(H,27,31). The third-order valence-electron chi connectivity index (χ3n) is 4.97. The Balaban J connectivity index is 1.37. The molecule has 1 N–H and O–H groups in total. The van der Waals surface area contributed by atoms with Gasteiger partial charge in [0.05, 0.1) is 23.4 Å². The van der Waals surface area contributed by atoms with Gasteiger partial charge in [-0.15, -0.1) is 0 Å². The summed E-state index contributed by atoms with van der Waals surface area (Å²) in [5.74, 6) is -0.617. The quantitative estimate of drug-likeness (QED) is 0.675.